The number of hydrogen-bond donors (Lipinski definition) is 1. The Kier molecular flexibility index (Phi) is 3.41. The largest absolute Gasteiger partial charge is 0.494 e. The van der Waals surface area contributed by atoms with Gasteiger partial charge in [-0.2, -0.15) is 13.2 Å². The zero-order chi connectivity index (χ0) is 12.3. The van der Waals surface area contributed by atoms with Crippen LogP contribution in [0.3, 0.4) is 0 Å². The fourth-order valence-corrected chi connectivity index (χ4v) is 1.14. The topological polar surface area (TPSA) is 46.5 Å². The number of aromatic carboxylic acids is 1. The van der Waals surface area contributed by atoms with E-state index in [1.165, 1.54) is 0 Å². The molecule has 0 bridgehead atoms. The van der Waals surface area contributed by atoms with Crippen LogP contribution >= 0.6 is 0 Å². The van der Waals surface area contributed by atoms with E-state index >= 15 is 0 Å². The first-order valence-electron chi connectivity index (χ1n) is 4.43. The molecular weight excluding hydrogens is 225 g/mol. The molecule has 0 saturated carbocycles. The molecule has 1 N–H and O–H groups in total. The number of hydrogen-bond acceptors (Lipinski definition) is 2. The quantitative estimate of drug-likeness (QED) is 0.874. The number of alkyl halides is 3. The Labute approximate surface area is 89.5 Å². The zero-order valence-electron chi connectivity index (χ0n) is 8.34. The molecule has 1 aromatic carbocycles. The average Bonchev–Trinajstić information content (AvgIpc) is 2.16. The molecule has 0 unspecified atom stereocenters. The fourth-order valence-electron chi connectivity index (χ4n) is 1.14. The van der Waals surface area contributed by atoms with Gasteiger partial charge in [0.05, 0.1) is 17.7 Å². The summed E-state index contributed by atoms with van der Waals surface area (Å²) < 4.78 is 42.1. The molecule has 0 aliphatic heterocycles. The number of rotatable bonds is 3. The van der Waals surface area contributed by atoms with E-state index in [0.717, 1.165) is 12.1 Å². The molecule has 16 heavy (non-hydrogen) atoms. The highest BCUT2D eigenvalue weighted by Gasteiger charge is 2.32. The summed E-state index contributed by atoms with van der Waals surface area (Å²) >= 11 is 0. The van der Waals surface area contributed by atoms with Crippen LogP contribution in [0.1, 0.15) is 22.8 Å². The lowest BCUT2D eigenvalue weighted by Gasteiger charge is -2.10. The average molecular weight is 234 g/mol. The highest BCUT2D eigenvalue weighted by Crippen LogP contribution is 2.32. The van der Waals surface area contributed by atoms with Crippen LogP contribution in [0.15, 0.2) is 18.2 Å². The fraction of sp³-hybridized carbons (Fsp3) is 0.300. The van der Waals surface area contributed by atoms with E-state index in [2.05, 4.69) is 0 Å². The Bertz CT molecular complexity index is 399. The highest BCUT2D eigenvalue weighted by molar-refractivity contribution is 5.88. The van der Waals surface area contributed by atoms with Crippen LogP contribution in [0.4, 0.5) is 13.2 Å². The summed E-state index contributed by atoms with van der Waals surface area (Å²) in [6, 6.07) is 2.40. The van der Waals surface area contributed by atoms with E-state index in [1.807, 2.05) is 0 Å². The maximum atomic E-state index is 12.4. The molecule has 0 aliphatic carbocycles. The minimum Gasteiger partial charge on any atom is -0.494 e. The van der Waals surface area contributed by atoms with Gasteiger partial charge in [-0.05, 0) is 25.1 Å². The van der Waals surface area contributed by atoms with Crippen LogP contribution < -0.4 is 4.74 Å². The maximum absolute atomic E-state index is 12.4. The second-order valence-corrected chi connectivity index (χ2v) is 2.98. The highest BCUT2D eigenvalue weighted by atomic mass is 19.4. The molecule has 0 heterocycles. The van der Waals surface area contributed by atoms with Gasteiger partial charge in [-0.3, -0.25) is 0 Å². The van der Waals surface area contributed by atoms with Crippen molar-refractivity contribution in [3.05, 3.63) is 29.3 Å². The van der Waals surface area contributed by atoms with Gasteiger partial charge in [-0.1, -0.05) is 0 Å². The second-order valence-electron chi connectivity index (χ2n) is 2.98. The van der Waals surface area contributed by atoms with E-state index < -0.39 is 23.3 Å². The summed E-state index contributed by atoms with van der Waals surface area (Å²) in [4.78, 5) is 10.6. The Balaban J connectivity index is 3.24. The monoisotopic (exact) mass is 234 g/mol. The van der Waals surface area contributed by atoms with Gasteiger partial charge in [0.25, 0.3) is 0 Å². The molecule has 0 radical (unpaired) electrons. The first-order valence-corrected chi connectivity index (χ1v) is 4.43. The van der Waals surface area contributed by atoms with Gasteiger partial charge in [0.1, 0.15) is 5.75 Å². The van der Waals surface area contributed by atoms with Crippen molar-refractivity contribution in [1.29, 1.82) is 0 Å². The number of carboxylic acid groups (broad SMARTS) is 1. The van der Waals surface area contributed by atoms with E-state index in [-0.39, 0.29) is 12.4 Å². The van der Waals surface area contributed by atoms with Crippen molar-refractivity contribution >= 4 is 5.97 Å². The van der Waals surface area contributed by atoms with Crippen molar-refractivity contribution in [2.75, 3.05) is 6.61 Å². The molecule has 0 aliphatic rings. The molecular formula is C10H9F3O3. The van der Waals surface area contributed by atoms with E-state index in [0.29, 0.717) is 6.07 Å². The van der Waals surface area contributed by atoms with E-state index in [4.69, 9.17) is 9.84 Å². The van der Waals surface area contributed by atoms with Crippen molar-refractivity contribution in [2.24, 2.45) is 0 Å². The number of carboxylic acids is 1. The summed E-state index contributed by atoms with van der Waals surface area (Å²) in [5.41, 5.74) is -1.48. The van der Waals surface area contributed by atoms with E-state index in [1.54, 1.807) is 6.92 Å². The number of halogens is 3. The summed E-state index contributed by atoms with van der Waals surface area (Å²) in [6.07, 6.45) is -4.59. The predicted octanol–water partition coefficient (Wildman–Crippen LogP) is 2.80. The molecule has 0 spiro atoms. The first-order chi connectivity index (χ1) is 7.34. The summed E-state index contributed by atoms with van der Waals surface area (Å²) in [6.45, 7) is 1.76. The van der Waals surface area contributed by atoms with Gasteiger partial charge < -0.3 is 9.84 Å². The third-order valence-electron chi connectivity index (χ3n) is 1.79. The summed E-state index contributed by atoms with van der Waals surface area (Å²) in [7, 11) is 0. The van der Waals surface area contributed by atoms with Gasteiger partial charge in [0, 0.05) is 0 Å². The number of ether oxygens (including phenoxy) is 1. The van der Waals surface area contributed by atoms with Crippen LogP contribution in [0.2, 0.25) is 0 Å². The van der Waals surface area contributed by atoms with Crippen molar-refractivity contribution in [2.45, 2.75) is 13.1 Å². The van der Waals surface area contributed by atoms with Gasteiger partial charge in [-0.15, -0.1) is 0 Å². The molecule has 1 aromatic rings. The van der Waals surface area contributed by atoms with Gasteiger partial charge in [-0.25, -0.2) is 4.79 Å². The van der Waals surface area contributed by atoms with Crippen LogP contribution in [-0.2, 0) is 6.18 Å². The first kappa shape index (κ1) is 12.4. The van der Waals surface area contributed by atoms with Crippen LogP contribution in [0.5, 0.6) is 5.75 Å². The second kappa shape index (κ2) is 4.42. The lowest BCUT2D eigenvalue weighted by atomic mass is 10.1. The van der Waals surface area contributed by atoms with Gasteiger partial charge >= 0.3 is 12.1 Å². The molecule has 0 saturated heterocycles. The standard InChI is InChI=1S/C10H9F3O3/c1-2-16-8-4-6(9(14)15)3-7(5-8)10(11,12)13/h3-5H,2H2,1H3,(H,14,15). The zero-order valence-corrected chi connectivity index (χ0v) is 8.34. The van der Waals surface area contributed by atoms with Crippen molar-refractivity contribution in [3.8, 4) is 5.75 Å². The Morgan fingerprint density at radius 1 is 1.38 bits per heavy atom. The van der Waals surface area contributed by atoms with Crippen LogP contribution in [0, 0.1) is 0 Å². The predicted molar refractivity (Wildman–Crippen MR) is 49.6 cm³/mol. The maximum Gasteiger partial charge on any atom is 0.416 e. The number of carbonyl (C=O) groups is 1. The lowest BCUT2D eigenvalue weighted by molar-refractivity contribution is -0.137. The normalized spacial score (nSPS) is 11.2. The summed E-state index contributed by atoms with van der Waals surface area (Å²) in [5, 5.41) is 8.64. The molecule has 0 aromatic heterocycles. The summed E-state index contributed by atoms with van der Waals surface area (Å²) in [5.74, 6) is -1.53. The Morgan fingerprint density at radius 2 is 2.00 bits per heavy atom. The van der Waals surface area contributed by atoms with Gasteiger partial charge in [0.2, 0.25) is 0 Å². The smallest absolute Gasteiger partial charge is 0.416 e. The molecule has 0 atom stereocenters. The molecule has 88 valence electrons. The Hall–Kier alpha value is -1.72. The SMILES string of the molecule is CCOc1cc(C(=O)O)cc(C(F)(F)F)c1. The minimum atomic E-state index is -4.59. The van der Waals surface area contributed by atoms with Crippen molar-refractivity contribution in [3.63, 3.8) is 0 Å². The van der Waals surface area contributed by atoms with Gasteiger partial charge in [0.15, 0.2) is 0 Å². The van der Waals surface area contributed by atoms with Crippen LogP contribution in [-0.4, -0.2) is 17.7 Å². The van der Waals surface area contributed by atoms with Crippen LogP contribution in [0.25, 0.3) is 0 Å². The molecule has 0 fully saturated rings. The molecule has 1 rings (SSSR count). The number of benzene rings is 1. The molecule has 0 amide bonds. The third-order valence-corrected chi connectivity index (χ3v) is 1.79. The Morgan fingerprint density at radius 3 is 2.44 bits per heavy atom. The van der Waals surface area contributed by atoms with Crippen molar-refractivity contribution < 1.29 is 27.8 Å². The lowest BCUT2D eigenvalue weighted by Crippen LogP contribution is -2.08. The molecule has 6 heteroatoms. The van der Waals surface area contributed by atoms with E-state index in [9.17, 15) is 18.0 Å². The minimum absolute atomic E-state index is 0.102. The molecule has 3 nitrogen and oxygen atoms in total. The van der Waals surface area contributed by atoms with Crippen molar-refractivity contribution in [1.82, 2.24) is 0 Å². The third kappa shape index (κ3) is 2.88.